The number of aromatic nitrogens is 2. The summed E-state index contributed by atoms with van der Waals surface area (Å²) in [5.41, 5.74) is 0. The fourth-order valence-electron chi connectivity index (χ4n) is 0.660. The van der Waals surface area contributed by atoms with Crippen molar-refractivity contribution in [1.29, 1.82) is 0 Å². The molecule has 0 bridgehead atoms. The van der Waals surface area contributed by atoms with E-state index in [0.717, 1.165) is 13.1 Å². The molecule has 0 atom stereocenters. The monoisotopic (exact) mass is 215 g/mol. The van der Waals surface area contributed by atoms with Gasteiger partial charge in [-0.1, -0.05) is 0 Å². The van der Waals surface area contributed by atoms with Crippen molar-refractivity contribution in [2.45, 2.75) is 6.54 Å². The molecule has 4 nitrogen and oxygen atoms in total. The molecule has 1 heterocycles. The maximum absolute atomic E-state index is 3.91. The molecule has 3 N–H and O–H groups in total. The van der Waals surface area contributed by atoms with Crippen molar-refractivity contribution in [3.05, 3.63) is 18.7 Å². The Balaban J connectivity index is -0.000000270. The molecule has 74 valence electrons. The Morgan fingerprint density at radius 1 is 1.42 bits per heavy atom. The first-order chi connectivity index (χ1) is 4.43. The number of nitrogens with zero attached hydrogens (tertiary/aromatic N) is 2. The van der Waals surface area contributed by atoms with Gasteiger partial charge >= 0.3 is 0 Å². The highest BCUT2D eigenvalue weighted by Crippen LogP contribution is 1.82. The predicted octanol–water partition coefficient (Wildman–Crippen LogP) is 0.121. The summed E-state index contributed by atoms with van der Waals surface area (Å²) in [4.78, 5) is 3.91. The molecule has 1 rings (SSSR count). The van der Waals surface area contributed by atoms with Gasteiger partial charge in [-0.05, 0) is 7.05 Å². The Morgan fingerprint density at radius 3 is 2.50 bits per heavy atom. The first kappa shape index (κ1) is 17.7. The topological polar surface area (TPSA) is 61.4 Å². The highest BCUT2D eigenvalue weighted by Gasteiger charge is 1.84. The zero-order valence-corrected chi connectivity index (χ0v) is 8.49. The summed E-state index contributed by atoms with van der Waals surface area (Å²) in [5, 5.41) is 3.06. The standard InChI is InChI=1S/C6H11N3.2ClH.H2O/c1-7-2-4-9-5-3-8-6-9;;;/h3,5-7H,2,4H2,1H3;2*1H;1H2. The van der Waals surface area contributed by atoms with Gasteiger partial charge in [0.05, 0.1) is 6.33 Å². The van der Waals surface area contributed by atoms with Gasteiger partial charge in [-0.2, -0.15) is 0 Å². The van der Waals surface area contributed by atoms with Crippen LogP contribution >= 0.6 is 24.8 Å². The molecule has 0 aliphatic rings. The maximum Gasteiger partial charge on any atom is 0.0946 e. The highest BCUT2D eigenvalue weighted by atomic mass is 35.5. The Hall–Kier alpha value is -0.290. The summed E-state index contributed by atoms with van der Waals surface area (Å²) >= 11 is 0. The number of hydrogen-bond donors (Lipinski definition) is 1. The second kappa shape index (κ2) is 10.7. The van der Waals surface area contributed by atoms with E-state index in [9.17, 15) is 0 Å². The molecule has 0 saturated carbocycles. The van der Waals surface area contributed by atoms with Crippen LogP contribution in [0, 0.1) is 0 Å². The number of likely N-dealkylation sites (N-methyl/N-ethyl adjacent to an activating group) is 1. The predicted molar refractivity (Wildman–Crippen MR) is 54.3 cm³/mol. The summed E-state index contributed by atoms with van der Waals surface area (Å²) in [6.07, 6.45) is 5.56. The van der Waals surface area contributed by atoms with Crippen molar-refractivity contribution in [1.82, 2.24) is 14.9 Å². The van der Waals surface area contributed by atoms with Crippen molar-refractivity contribution in [2.24, 2.45) is 0 Å². The third kappa shape index (κ3) is 6.42. The summed E-state index contributed by atoms with van der Waals surface area (Å²) in [6, 6.07) is 0. The van der Waals surface area contributed by atoms with Crippen LogP contribution < -0.4 is 5.32 Å². The lowest BCUT2D eigenvalue weighted by atomic mass is 10.6. The van der Waals surface area contributed by atoms with Gasteiger partial charge in [0.25, 0.3) is 0 Å². The summed E-state index contributed by atoms with van der Waals surface area (Å²) in [6.45, 7) is 1.99. The van der Waals surface area contributed by atoms with Gasteiger partial charge in [-0.15, -0.1) is 24.8 Å². The van der Waals surface area contributed by atoms with Crippen LogP contribution in [0.15, 0.2) is 18.7 Å². The average molecular weight is 216 g/mol. The van der Waals surface area contributed by atoms with E-state index in [4.69, 9.17) is 0 Å². The van der Waals surface area contributed by atoms with E-state index >= 15 is 0 Å². The molecule has 0 unspecified atom stereocenters. The summed E-state index contributed by atoms with van der Waals surface area (Å²) in [5.74, 6) is 0. The van der Waals surface area contributed by atoms with Crippen LogP contribution in [0.4, 0.5) is 0 Å². The number of hydrogen-bond acceptors (Lipinski definition) is 2. The Kier molecular flexibility index (Phi) is 15.8. The number of imidazole rings is 1. The Morgan fingerprint density at radius 2 is 2.08 bits per heavy atom. The SMILES string of the molecule is CNCCn1ccnc1.Cl.Cl.O. The van der Waals surface area contributed by atoms with Crippen LogP contribution in [0.3, 0.4) is 0 Å². The minimum atomic E-state index is 0. The molecule has 0 spiro atoms. The Bertz CT molecular complexity index is 158. The van der Waals surface area contributed by atoms with Crippen molar-refractivity contribution in [2.75, 3.05) is 13.6 Å². The molecule has 0 radical (unpaired) electrons. The van der Waals surface area contributed by atoms with E-state index in [1.54, 1.807) is 6.20 Å². The van der Waals surface area contributed by atoms with E-state index in [0.29, 0.717) is 0 Å². The van der Waals surface area contributed by atoms with Crippen molar-refractivity contribution < 1.29 is 5.48 Å². The van der Waals surface area contributed by atoms with Gasteiger partial charge in [0.15, 0.2) is 0 Å². The lowest BCUT2D eigenvalue weighted by Gasteiger charge is -1.98. The summed E-state index contributed by atoms with van der Waals surface area (Å²) < 4.78 is 2.04. The van der Waals surface area contributed by atoms with Crippen LogP contribution in [-0.4, -0.2) is 28.6 Å². The quantitative estimate of drug-likeness (QED) is 0.780. The maximum atomic E-state index is 3.91. The van der Waals surface area contributed by atoms with E-state index in [1.165, 1.54) is 0 Å². The zero-order valence-electron chi connectivity index (χ0n) is 6.86. The van der Waals surface area contributed by atoms with Crippen LogP contribution in [0.25, 0.3) is 0 Å². The van der Waals surface area contributed by atoms with Crippen molar-refractivity contribution >= 4 is 24.8 Å². The molecule has 0 fully saturated rings. The molecular formula is C6H15Cl2N3O. The lowest BCUT2D eigenvalue weighted by Crippen LogP contribution is -2.13. The smallest absolute Gasteiger partial charge is 0.0946 e. The number of nitrogens with one attached hydrogen (secondary N) is 1. The first-order valence-corrected chi connectivity index (χ1v) is 3.04. The largest absolute Gasteiger partial charge is 0.412 e. The molecule has 0 aliphatic heterocycles. The van der Waals surface area contributed by atoms with Gasteiger partial charge in [0.2, 0.25) is 0 Å². The molecule has 12 heavy (non-hydrogen) atoms. The molecule has 0 saturated heterocycles. The minimum Gasteiger partial charge on any atom is -0.412 e. The van der Waals surface area contributed by atoms with E-state index in [-0.39, 0.29) is 30.3 Å². The molecule has 6 heteroatoms. The van der Waals surface area contributed by atoms with Gasteiger partial charge < -0.3 is 15.4 Å². The van der Waals surface area contributed by atoms with E-state index in [1.807, 2.05) is 24.1 Å². The zero-order chi connectivity index (χ0) is 6.53. The van der Waals surface area contributed by atoms with Crippen LogP contribution in [0.1, 0.15) is 0 Å². The second-order valence-corrected chi connectivity index (χ2v) is 1.90. The van der Waals surface area contributed by atoms with Crippen molar-refractivity contribution in [3.63, 3.8) is 0 Å². The molecule has 0 aliphatic carbocycles. The third-order valence-corrected chi connectivity index (χ3v) is 1.18. The Labute approximate surface area is 84.5 Å². The van der Waals surface area contributed by atoms with Gasteiger partial charge in [-0.25, -0.2) is 4.98 Å². The molecule has 0 aromatic carbocycles. The number of halogens is 2. The number of rotatable bonds is 3. The fourth-order valence-corrected chi connectivity index (χ4v) is 0.660. The van der Waals surface area contributed by atoms with E-state index < -0.39 is 0 Å². The second-order valence-electron chi connectivity index (χ2n) is 1.90. The average Bonchev–Trinajstić information content (AvgIpc) is 2.34. The lowest BCUT2D eigenvalue weighted by molar-refractivity contribution is 0.644. The fraction of sp³-hybridized carbons (Fsp3) is 0.500. The normalized spacial score (nSPS) is 7.42. The van der Waals surface area contributed by atoms with Crippen molar-refractivity contribution in [3.8, 4) is 0 Å². The van der Waals surface area contributed by atoms with E-state index in [2.05, 4.69) is 10.3 Å². The van der Waals surface area contributed by atoms with Crippen LogP contribution in [0.5, 0.6) is 0 Å². The van der Waals surface area contributed by atoms with Gasteiger partial charge in [-0.3, -0.25) is 0 Å². The highest BCUT2D eigenvalue weighted by molar-refractivity contribution is 5.85. The molecular weight excluding hydrogens is 201 g/mol. The summed E-state index contributed by atoms with van der Waals surface area (Å²) in [7, 11) is 1.94. The molecule has 0 amide bonds. The third-order valence-electron chi connectivity index (χ3n) is 1.18. The van der Waals surface area contributed by atoms with Gasteiger partial charge in [0, 0.05) is 25.5 Å². The van der Waals surface area contributed by atoms with Crippen LogP contribution in [-0.2, 0) is 6.54 Å². The van der Waals surface area contributed by atoms with Crippen LogP contribution in [0.2, 0.25) is 0 Å². The van der Waals surface area contributed by atoms with Gasteiger partial charge in [0.1, 0.15) is 0 Å². The first-order valence-electron chi connectivity index (χ1n) is 3.04. The molecule has 1 aromatic rings. The molecule has 1 aromatic heterocycles. The minimum absolute atomic E-state index is 0.